The highest BCUT2D eigenvalue weighted by atomic mass is 16.6. The Morgan fingerprint density at radius 1 is 1.28 bits per heavy atom. The number of ether oxygens (including phenoxy) is 1. The monoisotopic (exact) mass is 396 g/mol. The van der Waals surface area contributed by atoms with E-state index in [2.05, 4.69) is 15.3 Å². The Bertz CT molecular complexity index is 997. The van der Waals surface area contributed by atoms with Crippen LogP contribution in [0.5, 0.6) is 5.75 Å². The molecule has 3 rings (SSSR count). The molecule has 0 aliphatic rings. The van der Waals surface area contributed by atoms with Gasteiger partial charge in [-0.05, 0) is 37.1 Å². The topological polar surface area (TPSA) is 110 Å². The van der Waals surface area contributed by atoms with Gasteiger partial charge in [0.25, 0.3) is 5.91 Å². The first-order valence-electron chi connectivity index (χ1n) is 9.61. The van der Waals surface area contributed by atoms with E-state index in [1.54, 1.807) is 6.92 Å². The summed E-state index contributed by atoms with van der Waals surface area (Å²) in [6.45, 7) is 6.11. The van der Waals surface area contributed by atoms with E-state index in [4.69, 9.17) is 4.74 Å². The van der Waals surface area contributed by atoms with Gasteiger partial charge in [-0.3, -0.25) is 14.9 Å². The number of rotatable bonds is 8. The van der Waals surface area contributed by atoms with Crippen molar-refractivity contribution in [1.29, 1.82) is 0 Å². The number of H-pyrrole nitrogens is 1. The van der Waals surface area contributed by atoms with Gasteiger partial charge in [-0.15, -0.1) is 0 Å². The molecule has 2 unspecified atom stereocenters. The van der Waals surface area contributed by atoms with Crippen molar-refractivity contribution in [3.05, 3.63) is 64.0 Å². The summed E-state index contributed by atoms with van der Waals surface area (Å²) in [6, 6.07) is 11.5. The van der Waals surface area contributed by atoms with E-state index in [1.165, 1.54) is 18.2 Å². The standard InChI is InChI=1S/C21H24N4O4/c1-4-13(3)19(20-22-15-8-6-7-9-16(15)23-20)24-21(26)14-10-11-18(29-5-2)17(12-14)25(27)28/h6-13,19H,4-5H2,1-3H3,(H,22,23)(H,24,26). The first-order chi connectivity index (χ1) is 13.9. The molecule has 1 aromatic heterocycles. The molecule has 0 aliphatic carbocycles. The summed E-state index contributed by atoms with van der Waals surface area (Å²) < 4.78 is 5.28. The average Bonchev–Trinajstić information content (AvgIpc) is 3.15. The van der Waals surface area contributed by atoms with E-state index in [-0.39, 0.29) is 29.0 Å². The number of hydrogen-bond acceptors (Lipinski definition) is 5. The molecule has 0 spiro atoms. The van der Waals surface area contributed by atoms with Gasteiger partial charge in [0.05, 0.1) is 28.6 Å². The number of nitrogens with one attached hydrogen (secondary N) is 2. The molecule has 1 amide bonds. The van der Waals surface area contributed by atoms with Crippen molar-refractivity contribution in [3.8, 4) is 5.75 Å². The number of fused-ring (bicyclic) bond motifs is 1. The minimum absolute atomic E-state index is 0.109. The van der Waals surface area contributed by atoms with Gasteiger partial charge >= 0.3 is 5.69 Å². The van der Waals surface area contributed by atoms with Crippen molar-refractivity contribution in [2.75, 3.05) is 6.61 Å². The summed E-state index contributed by atoms with van der Waals surface area (Å²) in [6.07, 6.45) is 0.825. The molecule has 0 radical (unpaired) electrons. The SMILES string of the molecule is CCOc1ccc(C(=O)NC(c2nc3ccccc3[nH]2)C(C)CC)cc1[N+](=O)[O-]. The Balaban J connectivity index is 1.90. The number of hydrogen-bond donors (Lipinski definition) is 2. The number of amides is 1. The Hall–Kier alpha value is -3.42. The molecule has 0 saturated carbocycles. The van der Waals surface area contributed by atoms with E-state index >= 15 is 0 Å². The van der Waals surface area contributed by atoms with Crippen LogP contribution in [-0.4, -0.2) is 27.4 Å². The quantitative estimate of drug-likeness (QED) is 0.433. The molecule has 0 aliphatic heterocycles. The van der Waals surface area contributed by atoms with Gasteiger partial charge in [-0.2, -0.15) is 0 Å². The first-order valence-corrected chi connectivity index (χ1v) is 9.61. The first kappa shape index (κ1) is 20.3. The second-order valence-electron chi connectivity index (χ2n) is 6.85. The summed E-state index contributed by atoms with van der Waals surface area (Å²) >= 11 is 0. The molecule has 3 aromatic rings. The van der Waals surface area contributed by atoms with E-state index in [9.17, 15) is 14.9 Å². The van der Waals surface area contributed by atoms with Crippen molar-refractivity contribution in [2.24, 2.45) is 5.92 Å². The van der Waals surface area contributed by atoms with Crippen LogP contribution in [0.15, 0.2) is 42.5 Å². The van der Waals surface area contributed by atoms with Crippen LogP contribution >= 0.6 is 0 Å². The van der Waals surface area contributed by atoms with Crippen LogP contribution in [0.4, 0.5) is 5.69 Å². The maximum absolute atomic E-state index is 12.9. The molecule has 2 atom stereocenters. The van der Waals surface area contributed by atoms with Gasteiger partial charge < -0.3 is 15.0 Å². The number of carbonyl (C=O) groups is 1. The van der Waals surface area contributed by atoms with Crippen LogP contribution in [0.25, 0.3) is 11.0 Å². The third kappa shape index (κ3) is 4.37. The number of carbonyl (C=O) groups excluding carboxylic acids is 1. The maximum atomic E-state index is 12.9. The molecule has 8 heteroatoms. The Morgan fingerprint density at radius 2 is 2.03 bits per heavy atom. The fourth-order valence-corrected chi connectivity index (χ4v) is 3.14. The lowest BCUT2D eigenvalue weighted by molar-refractivity contribution is -0.385. The average molecular weight is 396 g/mol. The highest BCUT2D eigenvalue weighted by Gasteiger charge is 2.25. The Kier molecular flexibility index (Phi) is 6.11. The second-order valence-corrected chi connectivity index (χ2v) is 6.85. The number of nitro groups is 1. The van der Waals surface area contributed by atoms with E-state index in [1.807, 2.05) is 38.1 Å². The van der Waals surface area contributed by atoms with Crippen LogP contribution in [0.1, 0.15) is 49.4 Å². The molecule has 29 heavy (non-hydrogen) atoms. The lowest BCUT2D eigenvalue weighted by Crippen LogP contribution is -2.33. The second kappa shape index (κ2) is 8.72. The predicted octanol–water partition coefficient (Wildman–Crippen LogP) is 4.39. The Labute approximate surface area is 168 Å². The molecule has 2 N–H and O–H groups in total. The lowest BCUT2D eigenvalue weighted by Gasteiger charge is -2.22. The van der Waals surface area contributed by atoms with Gasteiger partial charge in [-0.1, -0.05) is 32.4 Å². The van der Waals surface area contributed by atoms with Crippen LogP contribution in [0.3, 0.4) is 0 Å². The minimum Gasteiger partial charge on any atom is -0.487 e. The summed E-state index contributed by atoms with van der Waals surface area (Å²) in [7, 11) is 0. The summed E-state index contributed by atoms with van der Waals surface area (Å²) in [5.41, 5.74) is 1.68. The number of aromatic nitrogens is 2. The maximum Gasteiger partial charge on any atom is 0.311 e. The van der Waals surface area contributed by atoms with Crippen molar-refractivity contribution in [1.82, 2.24) is 15.3 Å². The molecule has 1 heterocycles. The van der Waals surface area contributed by atoms with Gasteiger partial charge in [-0.25, -0.2) is 4.98 Å². The number of aromatic amines is 1. The van der Waals surface area contributed by atoms with E-state index < -0.39 is 10.8 Å². The van der Waals surface area contributed by atoms with E-state index in [0.717, 1.165) is 17.5 Å². The molecule has 0 bridgehead atoms. The van der Waals surface area contributed by atoms with Crippen LogP contribution in [0, 0.1) is 16.0 Å². The number of imidazole rings is 1. The van der Waals surface area contributed by atoms with Gasteiger partial charge in [0.15, 0.2) is 5.75 Å². The van der Waals surface area contributed by atoms with Gasteiger partial charge in [0.1, 0.15) is 5.82 Å². The molecule has 2 aromatic carbocycles. The summed E-state index contributed by atoms with van der Waals surface area (Å²) in [5, 5.41) is 14.3. The number of para-hydroxylation sites is 2. The van der Waals surface area contributed by atoms with E-state index in [0.29, 0.717) is 12.4 Å². The predicted molar refractivity (Wildman–Crippen MR) is 110 cm³/mol. The smallest absolute Gasteiger partial charge is 0.311 e. The molecular formula is C21H24N4O4. The Morgan fingerprint density at radius 3 is 2.69 bits per heavy atom. The van der Waals surface area contributed by atoms with Crippen LogP contribution in [-0.2, 0) is 0 Å². The zero-order valence-corrected chi connectivity index (χ0v) is 16.6. The normalized spacial score (nSPS) is 13.1. The minimum atomic E-state index is -0.548. The highest BCUT2D eigenvalue weighted by Crippen LogP contribution is 2.29. The molecular weight excluding hydrogens is 372 g/mol. The molecule has 8 nitrogen and oxygen atoms in total. The van der Waals surface area contributed by atoms with Crippen LogP contribution < -0.4 is 10.1 Å². The molecule has 0 fully saturated rings. The number of benzene rings is 2. The zero-order valence-electron chi connectivity index (χ0n) is 16.6. The number of nitro benzene ring substituents is 1. The third-order valence-corrected chi connectivity index (χ3v) is 4.92. The van der Waals surface area contributed by atoms with Gasteiger partial charge in [0.2, 0.25) is 0 Å². The summed E-state index contributed by atoms with van der Waals surface area (Å²) in [5.74, 6) is 0.512. The van der Waals surface area contributed by atoms with Crippen molar-refractivity contribution >= 4 is 22.6 Å². The molecule has 152 valence electrons. The van der Waals surface area contributed by atoms with Crippen molar-refractivity contribution in [3.63, 3.8) is 0 Å². The highest BCUT2D eigenvalue weighted by molar-refractivity contribution is 5.95. The van der Waals surface area contributed by atoms with Crippen molar-refractivity contribution < 1.29 is 14.5 Å². The molecule has 0 saturated heterocycles. The van der Waals surface area contributed by atoms with Gasteiger partial charge in [0, 0.05) is 11.6 Å². The third-order valence-electron chi connectivity index (χ3n) is 4.92. The fourth-order valence-electron chi connectivity index (χ4n) is 3.14. The lowest BCUT2D eigenvalue weighted by atomic mass is 9.98. The zero-order chi connectivity index (χ0) is 21.0. The van der Waals surface area contributed by atoms with Crippen molar-refractivity contribution in [2.45, 2.75) is 33.2 Å². The fraction of sp³-hybridized carbons (Fsp3) is 0.333. The summed E-state index contributed by atoms with van der Waals surface area (Å²) in [4.78, 5) is 31.6. The number of nitrogens with zero attached hydrogens (tertiary/aromatic N) is 2. The largest absolute Gasteiger partial charge is 0.487 e. The van der Waals surface area contributed by atoms with Crippen LogP contribution in [0.2, 0.25) is 0 Å².